The molecule has 1 aromatic rings. The number of piperidine rings is 3. The smallest absolute Gasteiger partial charge is 0.138 e. The van der Waals surface area contributed by atoms with Crippen molar-refractivity contribution in [3.05, 3.63) is 24.0 Å². The van der Waals surface area contributed by atoms with E-state index in [0.29, 0.717) is 6.04 Å². The highest BCUT2D eigenvalue weighted by Gasteiger charge is 2.34. The van der Waals surface area contributed by atoms with Gasteiger partial charge in [-0.05, 0) is 63.7 Å². The first-order valence-electron chi connectivity index (χ1n) is 7.08. The molecular weight excluding hydrogens is 224 g/mol. The number of hydrogen-bond donors (Lipinski definition) is 0. The van der Waals surface area contributed by atoms with Crippen molar-refractivity contribution in [3.8, 4) is 5.75 Å². The third-order valence-corrected chi connectivity index (χ3v) is 4.14. The van der Waals surface area contributed by atoms with Crippen LogP contribution in [-0.4, -0.2) is 29.1 Å². The zero-order valence-electron chi connectivity index (χ0n) is 11.3. The molecule has 3 fully saturated rings. The van der Waals surface area contributed by atoms with E-state index >= 15 is 0 Å². The van der Waals surface area contributed by atoms with Crippen LogP contribution in [0.3, 0.4) is 0 Å². The molecule has 0 saturated carbocycles. The second-order valence-corrected chi connectivity index (χ2v) is 5.85. The number of rotatable bonds is 3. The lowest BCUT2D eigenvalue weighted by atomic mass is 9.81. The van der Waals surface area contributed by atoms with E-state index in [1.807, 2.05) is 12.4 Å². The van der Waals surface area contributed by atoms with E-state index in [9.17, 15) is 0 Å². The number of aromatic nitrogens is 1. The summed E-state index contributed by atoms with van der Waals surface area (Å²) in [7, 11) is 0. The molecule has 3 saturated heterocycles. The molecule has 3 heteroatoms. The number of ether oxygens (including phenoxy) is 1. The molecule has 18 heavy (non-hydrogen) atoms. The predicted octanol–water partition coefficient (Wildman–Crippen LogP) is 3.03. The molecule has 2 bridgehead atoms. The van der Waals surface area contributed by atoms with Crippen molar-refractivity contribution in [1.29, 1.82) is 0 Å². The van der Waals surface area contributed by atoms with Crippen LogP contribution in [0.1, 0.15) is 44.7 Å². The molecule has 4 heterocycles. The molecule has 0 radical (unpaired) electrons. The lowest BCUT2D eigenvalue weighted by Crippen LogP contribution is -2.43. The fraction of sp³-hybridized carbons (Fsp3) is 0.667. The topological polar surface area (TPSA) is 25.4 Å². The van der Waals surface area contributed by atoms with Crippen LogP contribution >= 0.6 is 0 Å². The summed E-state index contributed by atoms with van der Waals surface area (Å²) in [6.45, 7) is 6.62. The van der Waals surface area contributed by atoms with Crippen LogP contribution in [0.2, 0.25) is 0 Å². The van der Waals surface area contributed by atoms with Gasteiger partial charge in [0.2, 0.25) is 0 Å². The van der Waals surface area contributed by atoms with E-state index < -0.39 is 0 Å². The van der Waals surface area contributed by atoms with Gasteiger partial charge in [0.25, 0.3) is 0 Å². The summed E-state index contributed by atoms with van der Waals surface area (Å²) in [6, 6.07) is 2.75. The fourth-order valence-corrected chi connectivity index (χ4v) is 3.27. The molecule has 3 aliphatic rings. The minimum atomic E-state index is 0.213. The standard InChI is InChI=1S/C15H22N2O/c1-11(2)18-14-8-13(9-16-10-14)15-7-12-3-5-17(15)6-4-12/h8-12,15H,3-7H2,1-2H3. The second kappa shape index (κ2) is 4.88. The molecule has 1 unspecified atom stereocenters. The number of nitrogens with zero attached hydrogens (tertiary/aromatic N) is 2. The van der Waals surface area contributed by atoms with E-state index in [1.165, 1.54) is 37.9 Å². The van der Waals surface area contributed by atoms with Gasteiger partial charge < -0.3 is 4.74 Å². The van der Waals surface area contributed by atoms with Crippen LogP contribution in [0.5, 0.6) is 5.75 Å². The molecule has 0 aliphatic carbocycles. The van der Waals surface area contributed by atoms with Gasteiger partial charge in [-0.15, -0.1) is 0 Å². The first-order valence-corrected chi connectivity index (χ1v) is 7.08. The minimum absolute atomic E-state index is 0.213. The monoisotopic (exact) mass is 246 g/mol. The van der Waals surface area contributed by atoms with Crippen LogP contribution in [-0.2, 0) is 0 Å². The Morgan fingerprint density at radius 3 is 2.67 bits per heavy atom. The Bertz CT molecular complexity index is 411. The Balaban J connectivity index is 1.79. The van der Waals surface area contributed by atoms with Gasteiger partial charge in [-0.2, -0.15) is 0 Å². The highest BCUT2D eigenvalue weighted by molar-refractivity contribution is 5.27. The molecule has 3 nitrogen and oxygen atoms in total. The van der Waals surface area contributed by atoms with Crippen molar-refractivity contribution in [2.45, 2.75) is 45.3 Å². The van der Waals surface area contributed by atoms with Crippen LogP contribution in [0.25, 0.3) is 0 Å². The second-order valence-electron chi connectivity index (χ2n) is 5.85. The normalized spacial score (nSPS) is 30.7. The SMILES string of the molecule is CC(C)Oc1cncc(C2CC3CCN2CC3)c1. The van der Waals surface area contributed by atoms with Gasteiger partial charge in [-0.3, -0.25) is 9.88 Å². The summed E-state index contributed by atoms with van der Waals surface area (Å²) in [6.07, 6.45) is 8.11. The van der Waals surface area contributed by atoms with E-state index in [-0.39, 0.29) is 6.10 Å². The van der Waals surface area contributed by atoms with E-state index in [1.54, 1.807) is 0 Å². The molecule has 98 valence electrons. The average molecular weight is 246 g/mol. The number of hydrogen-bond acceptors (Lipinski definition) is 3. The Kier molecular flexibility index (Phi) is 3.25. The first-order chi connectivity index (χ1) is 8.72. The largest absolute Gasteiger partial charge is 0.489 e. The molecule has 1 atom stereocenters. The van der Waals surface area contributed by atoms with Crippen molar-refractivity contribution in [2.24, 2.45) is 5.92 Å². The Morgan fingerprint density at radius 2 is 2.06 bits per heavy atom. The lowest BCUT2D eigenvalue weighted by Gasteiger charge is -2.45. The average Bonchev–Trinajstić information content (AvgIpc) is 2.39. The molecular formula is C15H22N2O. The number of pyridine rings is 1. The maximum absolute atomic E-state index is 5.74. The minimum Gasteiger partial charge on any atom is -0.489 e. The van der Waals surface area contributed by atoms with E-state index in [4.69, 9.17) is 4.74 Å². The van der Waals surface area contributed by atoms with Gasteiger partial charge >= 0.3 is 0 Å². The lowest BCUT2D eigenvalue weighted by molar-refractivity contribution is 0.0487. The summed E-state index contributed by atoms with van der Waals surface area (Å²) < 4.78 is 5.74. The summed E-state index contributed by atoms with van der Waals surface area (Å²) >= 11 is 0. The van der Waals surface area contributed by atoms with Gasteiger partial charge in [-0.1, -0.05) is 0 Å². The molecule has 0 aromatic carbocycles. The molecule has 3 aliphatic heterocycles. The van der Waals surface area contributed by atoms with Gasteiger partial charge in [0, 0.05) is 12.2 Å². The van der Waals surface area contributed by atoms with Crippen LogP contribution < -0.4 is 4.74 Å². The highest BCUT2D eigenvalue weighted by atomic mass is 16.5. The Hall–Kier alpha value is -1.09. The first kappa shape index (κ1) is 12.0. The molecule has 4 rings (SSSR count). The Labute approximate surface area is 109 Å². The van der Waals surface area contributed by atoms with Crippen molar-refractivity contribution in [2.75, 3.05) is 13.1 Å². The van der Waals surface area contributed by atoms with Gasteiger partial charge in [0.15, 0.2) is 0 Å². The Morgan fingerprint density at radius 1 is 1.28 bits per heavy atom. The third-order valence-electron chi connectivity index (χ3n) is 4.14. The molecule has 0 N–H and O–H groups in total. The quantitative estimate of drug-likeness (QED) is 0.819. The van der Waals surface area contributed by atoms with Gasteiger partial charge in [0.1, 0.15) is 5.75 Å². The van der Waals surface area contributed by atoms with Gasteiger partial charge in [0.05, 0.1) is 12.3 Å². The summed E-state index contributed by atoms with van der Waals surface area (Å²) in [5.74, 6) is 1.83. The third kappa shape index (κ3) is 2.37. The van der Waals surface area contributed by atoms with Gasteiger partial charge in [-0.25, -0.2) is 0 Å². The molecule has 0 spiro atoms. The summed E-state index contributed by atoms with van der Waals surface area (Å²) in [5.41, 5.74) is 1.33. The predicted molar refractivity (Wildman–Crippen MR) is 71.7 cm³/mol. The van der Waals surface area contributed by atoms with Crippen LogP contribution in [0.15, 0.2) is 18.5 Å². The zero-order chi connectivity index (χ0) is 12.5. The fourth-order valence-electron chi connectivity index (χ4n) is 3.27. The van der Waals surface area contributed by atoms with E-state index in [0.717, 1.165) is 11.7 Å². The van der Waals surface area contributed by atoms with Crippen LogP contribution in [0, 0.1) is 5.92 Å². The molecule has 0 amide bonds. The maximum Gasteiger partial charge on any atom is 0.138 e. The van der Waals surface area contributed by atoms with Crippen molar-refractivity contribution < 1.29 is 4.74 Å². The van der Waals surface area contributed by atoms with Crippen molar-refractivity contribution >= 4 is 0 Å². The van der Waals surface area contributed by atoms with Crippen LogP contribution in [0.4, 0.5) is 0 Å². The summed E-state index contributed by atoms with van der Waals surface area (Å²) in [4.78, 5) is 6.95. The van der Waals surface area contributed by atoms with E-state index in [2.05, 4.69) is 29.8 Å². The van der Waals surface area contributed by atoms with Crippen molar-refractivity contribution in [3.63, 3.8) is 0 Å². The van der Waals surface area contributed by atoms with Crippen molar-refractivity contribution in [1.82, 2.24) is 9.88 Å². The zero-order valence-corrected chi connectivity index (χ0v) is 11.3. The summed E-state index contributed by atoms with van der Waals surface area (Å²) in [5, 5.41) is 0. The number of fused-ring (bicyclic) bond motifs is 3. The maximum atomic E-state index is 5.74. The molecule has 1 aromatic heterocycles. The highest BCUT2D eigenvalue weighted by Crippen LogP contribution is 2.40.